The molecule has 0 radical (unpaired) electrons. The highest BCUT2D eigenvalue weighted by atomic mass is 79.9. The Bertz CT molecular complexity index is 441. The Morgan fingerprint density at radius 2 is 1.65 bits per heavy atom. The summed E-state index contributed by atoms with van der Waals surface area (Å²) in [5.74, 6) is -1.89. The zero-order valence-electron chi connectivity index (χ0n) is 11.7. The van der Waals surface area contributed by atoms with Gasteiger partial charge in [-0.25, -0.2) is 0 Å². The fourth-order valence-electron chi connectivity index (χ4n) is 1.82. The predicted molar refractivity (Wildman–Crippen MR) is 79.2 cm³/mol. The van der Waals surface area contributed by atoms with Gasteiger partial charge in [0.1, 0.15) is 0 Å². The SMILES string of the molecule is CCOC(=O)C(CCc1ccccc1Br)C(=O)OCC. The van der Waals surface area contributed by atoms with Gasteiger partial charge >= 0.3 is 11.9 Å². The molecule has 4 nitrogen and oxygen atoms in total. The Hall–Kier alpha value is -1.36. The molecule has 0 unspecified atom stereocenters. The van der Waals surface area contributed by atoms with E-state index in [4.69, 9.17) is 9.47 Å². The lowest BCUT2D eigenvalue weighted by Gasteiger charge is -2.14. The summed E-state index contributed by atoms with van der Waals surface area (Å²) in [4.78, 5) is 23.7. The average Bonchev–Trinajstić information content (AvgIpc) is 2.41. The van der Waals surface area contributed by atoms with Crippen molar-refractivity contribution in [1.82, 2.24) is 0 Å². The Morgan fingerprint density at radius 1 is 1.10 bits per heavy atom. The smallest absolute Gasteiger partial charge is 0.320 e. The van der Waals surface area contributed by atoms with Crippen LogP contribution in [0.2, 0.25) is 0 Å². The Kier molecular flexibility index (Phi) is 7.30. The van der Waals surface area contributed by atoms with E-state index in [1.807, 2.05) is 24.3 Å². The lowest BCUT2D eigenvalue weighted by molar-refractivity contribution is -0.161. The van der Waals surface area contributed by atoms with Crippen molar-refractivity contribution in [3.63, 3.8) is 0 Å². The highest BCUT2D eigenvalue weighted by molar-refractivity contribution is 9.10. The van der Waals surface area contributed by atoms with E-state index in [-0.39, 0.29) is 13.2 Å². The molecule has 1 aromatic carbocycles. The van der Waals surface area contributed by atoms with Crippen LogP contribution in [0.1, 0.15) is 25.8 Å². The number of hydrogen-bond acceptors (Lipinski definition) is 4. The van der Waals surface area contributed by atoms with Crippen molar-refractivity contribution in [3.8, 4) is 0 Å². The first-order valence-electron chi connectivity index (χ1n) is 6.66. The predicted octanol–water partition coefficient (Wildman–Crippen LogP) is 3.12. The molecule has 0 N–H and O–H groups in total. The maximum atomic E-state index is 11.8. The minimum absolute atomic E-state index is 0.254. The van der Waals surface area contributed by atoms with Crippen molar-refractivity contribution >= 4 is 27.9 Å². The number of aryl methyl sites for hydroxylation is 1. The first kappa shape index (κ1) is 16.7. The summed E-state index contributed by atoms with van der Waals surface area (Å²) in [7, 11) is 0. The lowest BCUT2D eigenvalue weighted by atomic mass is 9.99. The van der Waals surface area contributed by atoms with Gasteiger partial charge in [0, 0.05) is 4.47 Å². The van der Waals surface area contributed by atoms with Crippen molar-refractivity contribution in [3.05, 3.63) is 34.3 Å². The number of esters is 2. The van der Waals surface area contributed by atoms with Gasteiger partial charge in [0.05, 0.1) is 13.2 Å². The second-order valence-corrected chi connectivity index (χ2v) is 5.04. The third-order valence-electron chi connectivity index (χ3n) is 2.80. The largest absolute Gasteiger partial charge is 0.465 e. The van der Waals surface area contributed by atoms with Gasteiger partial charge in [-0.15, -0.1) is 0 Å². The molecule has 0 aliphatic carbocycles. The van der Waals surface area contributed by atoms with Gasteiger partial charge in [0.25, 0.3) is 0 Å². The standard InChI is InChI=1S/C15H19BrO4/c1-3-19-14(17)12(15(18)20-4-2)10-9-11-7-5-6-8-13(11)16/h5-8,12H,3-4,9-10H2,1-2H3. The summed E-state index contributed by atoms with van der Waals surface area (Å²) in [5.41, 5.74) is 1.05. The van der Waals surface area contributed by atoms with Crippen molar-refractivity contribution in [1.29, 1.82) is 0 Å². The van der Waals surface area contributed by atoms with Crippen LogP contribution in [0.5, 0.6) is 0 Å². The lowest BCUT2D eigenvalue weighted by Crippen LogP contribution is -2.28. The molecule has 0 amide bonds. The molecule has 1 aromatic rings. The molecule has 0 saturated carbocycles. The molecular weight excluding hydrogens is 324 g/mol. The second kappa shape index (κ2) is 8.74. The van der Waals surface area contributed by atoms with E-state index in [9.17, 15) is 9.59 Å². The number of carbonyl (C=O) groups is 2. The van der Waals surface area contributed by atoms with Gasteiger partial charge in [-0.05, 0) is 38.3 Å². The minimum Gasteiger partial charge on any atom is -0.465 e. The Morgan fingerprint density at radius 3 is 2.15 bits per heavy atom. The van der Waals surface area contributed by atoms with Crippen molar-refractivity contribution in [2.75, 3.05) is 13.2 Å². The van der Waals surface area contributed by atoms with E-state index in [1.54, 1.807) is 13.8 Å². The van der Waals surface area contributed by atoms with Crippen LogP contribution in [0.15, 0.2) is 28.7 Å². The molecule has 0 aromatic heterocycles. The van der Waals surface area contributed by atoms with Gasteiger partial charge in [-0.3, -0.25) is 9.59 Å². The fourth-order valence-corrected chi connectivity index (χ4v) is 2.30. The summed E-state index contributed by atoms with van der Waals surface area (Å²) in [6.45, 7) is 3.94. The van der Waals surface area contributed by atoms with Crippen molar-refractivity contribution < 1.29 is 19.1 Å². The maximum Gasteiger partial charge on any atom is 0.320 e. The number of hydrogen-bond donors (Lipinski definition) is 0. The summed E-state index contributed by atoms with van der Waals surface area (Å²) in [5, 5.41) is 0. The summed E-state index contributed by atoms with van der Waals surface area (Å²) in [6.07, 6.45) is 0.976. The van der Waals surface area contributed by atoms with Crippen LogP contribution in [0.25, 0.3) is 0 Å². The molecule has 0 saturated heterocycles. The zero-order valence-corrected chi connectivity index (χ0v) is 13.3. The molecule has 0 heterocycles. The normalized spacial score (nSPS) is 10.4. The van der Waals surface area contributed by atoms with Crippen molar-refractivity contribution in [2.45, 2.75) is 26.7 Å². The summed E-state index contributed by atoms with van der Waals surface area (Å²) >= 11 is 3.45. The second-order valence-electron chi connectivity index (χ2n) is 4.19. The number of benzene rings is 1. The van der Waals surface area contributed by atoms with E-state index in [0.29, 0.717) is 12.8 Å². The number of ether oxygens (including phenoxy) is 2. The molecule has 0 atom stereocenters. The highest BCUT2D eigenvalue weighted by Crippen LogP contribution is 2.20. The highest BCUT2D eigenvalue weighted by Gasteiger charge is 2.29. The Balaban J connectivity index is 2.72. The van der Waals surface area contributed by atoms with Crippen LogP contribution < -0.4 is 0 Å². The zero-order chi connectivity index (χ0) is 15.0. The van der Waals surface area contributed by atoms with E-state index in [1.165, 1.54) is 0 Å². The molecule has 0 aliphatic rings. The van der Waals surface area contributed by atoms with Crippen LogP contribution >= 0.6 is 15.9 Å². The van der Waals surface area contributed by atoms with Crippen molar-refractivity contribution in [2.24, 2.45) is 5.92 Å². The first-order chi connectivity index (χ1) is 9.60. The van der Waals surface area contributed by atoms with Gasteiger partial charge in [-0.2, -0.15) is 0 Å². The molecule has 0 bridgehead atoms. The number of halogens is 1. The van der Waals surface area contributed by atoms with Crippen LogP contribution in [0.4, 0.5) is 0 Å². The van der Waals surface area contributed by atoms with Crippen LogP contribution in [-0.4, -0.2) is 25.2 Å². The average molecular weight is 343 g/mol. The Labute approximate surface area is 127 Å². The quantitative estimate of drug-likeness (QED) is 0.564. The topological polar surface area (TPSA) is 52.6 Å². The molecule has 20 heavy (non-hydrogen) atoms. The van der Waals surface area contributed by atoms with E-state index < -0.39 is 17.9 Å². The molecule has 0 fully saturated rings. The molecular formula is C15H19BrO4. The molecule has 1 rings (SSSR count). The maximum absolute atomic E-state index is 11.8. The third kappa shape index (κ3) is 4.96. The molecule has 0 spiro atoms. The summed E-state index contributed by atoms with van der Waals surface area (Å²) in [6, 6.07) is 7.72. The number of carbonyl (C=O) groups excluding carboxylic acids is 2. The summed E-state index contributed by atoms with van der Waals surface area (Å²) < 4.78 is 10.8. The first-order valence-corrected chi connectivity index (χ1v) is 7.46. The third-order valence-corrected chi connectivity index (χ3v) is 3.58. The van der Waals surface area contributed by atoms with E-state index >= 15 is 0 Å². The van der Waals surface area contributed by atoms with E-state index in [2.05, 4.69) is 15.9 Å². The van der Waals surface area contributed by atoms with Gasteiger partial charge in [0.2, 0.25) is 0 Å². The fraction of sp³-hybridized carbons (Fsp3) is 0.467. The van der Waals surface area contributed by atoms with Crippen LogP contribution in [0.3, 0.4) is 0 Å². The van der Waals surface area contributed by atoms with Crippen LogP contribution in [0, 0.1) is 5.92 Å². The molecule has 0 aliphatic heterocycles. The monoisotopic (exact) mass is 342 g/mol. The van der Waals surface area contributed by atoms with Gasteiger partial charge < -0.3 is 9.47 Å². The molecule has 5 heteroatoms. The van der Waals surface area contributed by atoms with Gasteiger partial charge in [-0.1, -0.05) is 34.1 Å². The minimum atomic E-state index is -0.859. The van der Waals surface area contributed by atoms with E-state index in [0.717, 1.165) is 10.0 Å². The number of rotatable bonds is 7. The van der Waals surface area contributed by atoms with Gasteiger partial charge in [0.15, 0.2) is 5.92 Å². The molecule has 110 valence electrons. The van der Waals surface area contributed by atoms with Crippen LogP contribution in [-0.2, 0) is 25.5 Å².